The minimum Gasteiger partial charge on any atom is -0.305 e. The van der Waals surface area contributed by atoms with E-state index in [0.29, 0.717) is 5.69 Å². The number of rotatable bonds is 6. The molecule has 0 fully saturated rings. The topological polar surface area (TPSA) is 76.9 Å². The first-order valence-electron chi connectivity index (χ1n) is 13.0. The van der Waals surface area contributed by atoms with Crippen LogP contribution < -0.4 is 4.72 Å². The minimum atomic E-state index is -3.70. The van der Waals surface area contributed by atoms with Gasteiger partial charge in [0.05, 0.1) is 16.6 Å². The van der Waals surface area contributed by atoms with E-state index in [1.54, 1.807) is 30.3 Å². The van der Waals surface area contributed by atoms with Crippen LogP contribution in [0, 0.1) is 13.8 Å². The van der Waals surface area contributed by atoms with E-state index in [4.69, 9.17) is 9.97 Å². The highest BCUT2D eigenvalue weighted by molar-refractivity contribution is 7.92. The Bertz CT molecular complexity index is 1780. The number of hydrogen-bond acceptors (Lipinski definition) is 4. The van der Waals surface area contributed by atoms with E-state index in [2.05, 4.69) is 47.4 Å². The number of aromatic nitrogens is 3. The van der Waals surface area contributed by atoms with Crippen LogP contribution in [0.15, 0.2) is 83.8 Å². The summed E-state index contributed by atoms with van der Waals surface area (Å²) in [6.45, 7) is 6.28. The number of pyridine rings is 1. The summed E-state index contributed by atoms with van der Waals surface area (Å²) in [5, 5.41) is 0. The zero-order valence-corrected chi connectivity index (χ0v) is 22.6. The van der Waals surface area contributed by atoms with Crippen molar-refractivity contribution in [1.29, 1.82) is 0 Å². The summed E-state index contributed by atoms with van der Waals surface area (Å²) in [7, 11) is -3.70. The molecule has 7 heteroatoms. The third-order valence-electron chi connectivity index (χ3n) is 7.39. The molecular weight excluding hydrogens is 492 g/mol. The average molecular weight is 523 g/mol. The molecule has 1 aliphatic carbocycles. The number of aryl methyl sites for hydroxylation is 4. The van der Waals surface area contributed by atoms with Crippen LogP contribution in [0.3, 0.4) is 0 Å². The van der Waals surface area contributed by atoms with Crippen LogP contribution >= 0.6 is 0 Å². The zero-order valence-electron chi connectivity index (χ0n) is 21.8. The van der Waals surface area contributed by atoms with Crippen LogP contribution in [0.2, 0.25) is 0 Å². The Morgan fingerprint density at radius 2 is 1.71 bits per heavy atom. The Labute approximate surface area is 223 Å². The van der Waals surface area contributed by atoms with Crippen LogP contribution in [-0.2, 0) is 22.9 Å². The molecule has 0 saturated carbocycles. The zero-order chi connectivity index (χ0) is 26.4. The second-order valence-corrected chi connectivity index (χ2v) is 11.6. The van der Waals surface area contributed by atoms with Crippen molar-refractivity contribution in [2.75, 3.05) is 4.72 Å². The molecule has 1 unspecified atom stereocenters. The third-order valence-corrected chi connectivity index (χ3v) is 8.77. The van der Waals surface area contributed by atoms with Gasteiger partial charge in [0.2, 0.25) is 0 Å². The lowest BCUT2D eigenvalue weighted by molar-refractivity contribution is 0.566. The highest BCUT2D eigenvalue weighted by Gasteiger charge is 2.29. The van der Waals surface area contributed by atoms with E-state index >= 15 is 0 Å². The first-order valence-corrected chi connectivity index (χ1v) is 14.5. The predicted octanol–water partition coefficient (Wildman–Crippen LogP) is 6.61. The monoisotopic (exact) mass is 522 g/mol. The molecule has 5 aromatic rings. The van der Waals surface area contributed by atoms with E-state index < -0.39 is 10.0 Å². The van der Waals surface area contributed by atoms with Crippen molar-refractivity contribution in [1.82, 2.24) is 14.5 Å². The first-order chi connectivity index (χ1) is 18.4. The Hall–Kier alpha value is -3.97. The predicted molar refractivity (Wildman–Crippen MR) is 152 cm³/mol. The molecule has 0 aliphatic heterocycles. The van der Waals surface area contributed by atoms with Crippen molar-refractivity contribution < 1.29 is 8.42 Å². The highest BCUT2D eigenvalue weighted by atomic mass is 32.2. The third kappa shape index (κ3) is 4.17. The minimum absolute atomic E-state index is 0.180. The summed E-state index contributed by atoms with van der Waals surface area (Å²) in [5.74, 6) is 1.06. The van der Waals surface area contributed by atoms with E-state index in [-0.39, 0.29) is 10.9 Å². The van der Waals surface area contributed by atoms with Crippen molar-refractivity contribution in [2.45, 2.75) is 51.0 Å². The summed E-state index contributed by atoms with van der Waals surface area (Å²) in [5.41, 5.74) is 9.08. The van der Waals surface area contributed by atoms with Crippen LogP contribution in [0.1, 0.15) is 47.6 Å². The fraction of sp³-hybridized carbons (Fsp3) is 0.226. The molecule has 38 heavy (non-hydrogen) atoms. The van der Waals surface area contributed by atoms with Gasteiger partial charge in [0, 0.05) is 17.7 Å². The molecule has 6 rings (SSSR count). The lowest BCUT2D eigenvalue weighted by atomic mass is 9.98. The largest absolute Gasteiger partial charge is 0.305 e. The van der Waals surface area contributed by atoms with E-state index in [1.807, 2.05) is 31.2 Å². The molecule has 0 amide bonds. The molecule has 1 aliphatic rings. The quantitative estimate of drug-likeness (QED) is 0.272. The Kier molecular flexibility index (Phi) is 6.03. The normalized spacial score (nSPS) is 15.1. The number of nitrogens with one attached hydrogen (secondary N) is 1. The van der Waals surface area contributed by atoms with Gasteiger partial charge in [0.1, 0.15) is 11.3 Å². The van der Waals surface area contributed by atoms with Gasteiger partial charge in [-0.1, -0.05) is 61.5 Å². The van der Waals surface area contributed by atoms with E-state index in [1.165, 1.54) is 11.1 Å². The molecule has 0 bridgehead atoms. The van der Waals surface area contributed by atoms with Gasteiger partial charge in [-0.2, -0.15) is 0 Å². The van der Waals surface area contributed by atoms with E-state index in [9.17, 15) is 8.42 Å². The molecule has 2 aromatic heterocycles. The number of anilines is 1. The van der Waals surface area contributed by atoms with Gasteiger partial charge >= 0.3 is 0 Å². The number of benzene rings is 3. The molecule has 192 valence electrons. The summed E-state index contributed by atoms with van der Waals surface area (Å²) >= 11 is 0. The van der Waals surface area contributed by atoms with Crippen LogP contribution in [0.4, 0.5) is 5.69 Å². The number of fused-ring (bicyclic) bond motifs is 2. The fourth-order valence-electron chi connectivity index (χ4n) is 5.66. The van der Waals surface area contributed by atoms with Gasteiger partial charge in [0.25, 0.3) is 10.0 Å². The van der Waals surface area contributed by atoms with E-state index in [0.717, 1.165) is 58.6 Å². The first kappa shape index (κ1) is 24.4. The van der Waals surface area contributed by atoms with Gasteiger partial charge in [-0.25, -0.2) is 18.4 Å². The highest BCUT2D eigenvalue weighted by Crippen LogP contribution is 2.40. The molecule has 1 atom stereocenters. The summed E-state index contributed by atoms with van der Waals surface area (Å²) in [6.07, 6.45) is 2.77. The smallest absolute Gasteiger partial charge is 0.261 e. The molecule has 0 saturated heterocycles. The van der Waals surface area contributed by atoms with Crippen molar-refractivity contribution in [3.63, 3.8) is 0 Å². The Balaban J connectivity index is 1.39. The summed E-state index contributed by atoms with van der Waals surface area (Å²) < 4.78 is 31.2. The van der Waals surface area contributed by atoms with Gasteiger partial charge in [-0.05, 0) is 73.2 Å². The molecule has 3 aromatic carbocycles. The van der Waals surface area contributed by atoms with Crippen LogP contribution in [-0.4, -0.2) is 23.0 Å². The second kappa shape index (κ2) is 9.40. The van der Waals surface area contributed by atoms with Gasteiger partial charge in [-0.3, -0.25) is 4.72 Å². The maximum atomic E-state index is 13.0. The van der Waals surface area contributed by atoms with Crippen LogP contribution in [0.25, 0.3) is 22.3 Å². The Morgan fingerprint density at radius 1 is 0.947 bits per heavy atom. The standard InChI is InChI=1S/C31H30N4O2S/c1-4-29-33-30-20(2)18-21(3)32-31(30)35(29)28-17-15-23-19-22(14-16-26(23)28)25-12-8-9-13-27(25)34-38(36,37)24-10-6-5-7-11-24/h5-14,16,18-19,28,34H,4,15,17H2,1-3H3. The number of sulfonamides is 1. The molecular formula is C31H30N4O2S. The molecule has 6 nitrogen and oxygen atoms in total. The molecule has 1 N–H and O–H groups in total. The SMILES string of the molecule is CCc1nc2c(C)cc(C)nc2n1C1CCc2cc(-c3ccccc3NS(=O)(=O)c3ccccc3)ccc21. The van der Waals surface area contributed by atoms with Gasteiger partial charge < -0.3 is 4.57 Å². The van der Waals surface area contributed by atoms with Gasteiger partial charge in [0.15, 0.2) is 5.65 Å². The second-order valence-electron chi connectivity index (χ2n) is 9.94. The summed E-state index contributed by atoms with van der Waals surface area (Å²) in [4.78, 5) is 10.1. The molecule has 2 heterocycles. The van der Waals surface area contributed by atoms with Crippen molar-refractivity contribution >= 4 is 26.9 Å². The fourth-order valence-corrected chi connectivity index (χ4v) is 6.76. The van der Waals surface area contributed by atoms with Crippen molar-refractivity contribution in [2.24, 2.45) is 0 Å². The lowest BCUT2D eigenvalue weighted by Gasteiger charge is -2.18. The molecule has 0 radical (unpaired) electrons. The van der Waals surface area contributed by atoms with Crippen molar-refractivity contribution in [3.05, 3.63) is 107 Å². The summed E-state index contributed by atoms with van der Waals surface area (Å²) in [6, 6.07) is 24.8. The number of nitrogens with zero attached hydrogens (tertiary/aromatic N) is 3. The number of para-hydroxylation sites is 1. The van der Waals surface area contributed by atoms with Gasteiger partial charge in [-0.15, -0.1) is 0 Å². The van der Waals surface area contributed by atoms with Crippen molar-refractivity contribution in [3.8, 4) is 11.1 Å². The number of imidazole rings is 1. The molecule has 0 spiro atoms. The number of hydrogen-bond donors (Lipinski definition) is 1. The lowest BCUT2D eigenvalue weighted by Crippen LogP contribution is -2.13. The van der Waals surface area contributed by atoms with Crippen LogP contribution in [0.5, 0.6) is 0 Å². The maximum Gasteiger partial charge on any atom is 0.261 e. The average Bonchev–Trinajstić information content (AvgIpc) is 3.50. The maximum absolute atomic E-state index is 13.0. The Morgan fingerprint density at radius 3 is 2.50 bits per heavy atom.